The van der Waals surface area contributed by atoms with Crippen LogP contribution in [0.2, 0.25) is 0 Å². The number of nitrogen functional groups attached to an aromatic ring is 1. The fraction of sp³-hybridized carbons (Fsp3) is 0.367. The van der Waals surface area contributed by atoms with Gasteiger partial charge in [-0.2, -0.15) is 13.2 Å². The molecule has 0 unspecified atom stereocenters. The Kier molecular flexibility index (Phi) is 7.50. The number of anilines is 2. The number of halogens is 4. The molecule has 0 spiro atoms. The lowest BCUT2D eigenvalue weighted by Gasteiger charge is -2.38. The number of carbonyl (C=O) groups is 2. The molecule has 232 valence electrons. The molecule has 0 aliphatic heterocycles. The Morgan fingerprint density at radius 3 is 2.55 bits per heavy atom. The zero-order chi connectivity index (χ0) is 32.2. The van der Waals surface area contributed by atoms with Crippen LogP contribution in [0.5, 0.6) is 5.75 Å². The lowest BCUT2D eigenvalue weighted by atomic mass is 9.65. The third-order valence-corrected chi connectivity index (χ3v) is 8.82. The monoisotopic (exact) mass is 614 g/mol. The fourth-order valence-electron chi connectivity index (χ4n) is 5.90. The van der Waals surface area contributed by atoms with Gasteiger partial charge in [0.15, 0.2) is 0 Å². The molecule has 1 saturated carbocycles. The Hall–Kier alpha value is -4.75. The summed E-state index contributed by atoms with van der Waals surface area (Å²) >= 11 is 0. The second-order valence-corrected chi connectivity index (χ2v) is 11.4. The van der Waals surface area contributed by atoms with E-state index in [-0.39, 0.29) is 35.3 Å². The summed E-state index contributed by atoms with van der Waals surface area (Å²) in [5, 5.41) is 12.3. The molecule has 1 aliphatic rings. The van der Waals surface area contributed by atoms with Crippen LogP contribution < -0.4 is 15.8 Å². The van der Waals surface area contributed by atoms with Crippen molar-refractivity contribution < 1.29 is 37.0 Å². The first-order chi connectivity index (χ1) is 20.6. The number of alkyl halides is 3. The smallest absolute Gasteiger partial charge is 0.416 e. The first kappa shape index (κ1) is 30.7. The molecule has 3 heterocycles. The van der Waals surface area contributed by atoms with Crippen LogP contribution in [0.15, 0.2) is 42.9 Å². The highest BCUT2D eigenvalue weighted by Crippen LogP contribution is 2.60. The summed E-state index contributed by atoms with van der Waals surface area (Å²) in [6.07, 6.45) is 0.272. The standard InChI is InChI=1S/C30H30F4N6O4/c1-5-44-20-14-16(26(41)38-21-12-15(7-9-36-21)30(32,33)34)19(31)13-17(20)22-23-24(35)37-10-11-40(23)25(39-22)18-6-8-29(4,27(42)43)28(18,2)3/h7,9-14,18H,5-6,8H2,1-4H3,(H2,35,37)(H,42,43)(H,36,38,41)/t18-,29+/m0/s1. The Balaban J connectivity index is 1.61. The van der Waals surface area contributed by atoms with E-state index < -0.39 is 51.6 Å². The van der Waals surface area contributed by atoms with E-state index in [0.717, 1.165) is 24.4 Å². The van der Waals surface area contributed by atoms with Gasteiger partial charge >= 0.3 is 12.1 Å². The molecule has 4 N–H and O–H groups in total. The summed E-state index contributed by atoms with van der Waals surface area (Å²) in [5.74, 6) is -3.04. The molecule has 2 atom stereocenters. The van der Waals surface area contributed by atoms with Crippen molar-refractivity contribution in [3.8, 4) is 17.0 Å². The second-order valence-electron chi connectivity index (χ2n) is 11.4. The Morgan fingerprint density at radius 1 is 1.18 bits per heavy atom. The SMILES string of the molecule is CCOc1cc(C(=O)Nc2cc(C(F)(F)F)ccn2)c(F)cc1-c1nc([C@@H]2CC[C@](C)(C(=O)O)C2(C)C)n2ccnc(N)c12. The number of ether oxygens (including phenoxy) is 1. The number of hydrogen-bond donors (Lipinski definition) is 3. The Morgan fingerprint density at radius 2 is 1.91 bits per heavy atom. The molecule has 0 saturated heterocycles. The van der Waals surface area contributed by atoms with Crippen LogP contribution >= 0.6 is 0 Å². The number of aromatic nitrogens is 4. The number of hydrogen-bond acceptors (Lipinski definition) is 7. The van der Waals surface area contributed by atoms with Gasteiger partial charge < -0.3 is 20.9 Å². The first-order valence-electron chi connectivity index (χ1n) is 13.8. The van der Waals surface area contributed by atoms with Crippen LogP contribution in [0.1, 0.15) is 68.2 Å². The lowest BCUT2D eigenvalue weighted by molar-refractivity contribution is -0.153. The van der Waals surface area contributed by atoms with Gasteiger partial charge in [-0.25, -0.2) is 19.3 Å². The van der Waals surface area contributed by atoms with E-state index in [2.05, 4.69) is 15.3 Å². The average molecular weight is 615 g/mol. The quantitative estimate of drug-likeness (QED) is 0.210. The number of aliphatic carboxylic acids is 1. The molecule has 4 aromatic rings. The van der Waals surface area contributed by atoms with Gasteiger partial charge in [0.2, 0.25) is 0 Å². The van der Waals surface area contributed by atoms with Gasteiger partial charge in [-0.05, 0) is 56.4 Å². The summed E-state index contributed by atoms with van der Waals surface area (Å²) in [6, 6.07) is 3.56. The van der Waals surface area contributed by atoms with E-state index >= 15 is 4.39 Å². The molecular formula is C30H30F4N6O4. The first-order valence-corrected chi connectivity index (χ1v) is 13.8. The molecule has 1 fully saturated rings. The van der Waals surface area contributed by atoms with Crippen LogP contribution in [0.25, 0.3) is 16.8 Å². The maximum atomic E-state index is 15.6. The van der Waals surface area contributed by atoms with E-state index in [4.69, 9.17) is 15.5 Å². The van der Waals surface area contributed by atoms with Gasteiger partial charge in [0.25, 0.3) is 5.91 Å². The van der Waals surface area contributed by atoms with E-state index in [1.165, 1.54) is 6.20 Å². The molecule has 44 heavy (non-hydrogen) atoms. The van der Waals surface area contributed by atoms with Crippen molar-refractivity contribution in [2.45, 2.75) is 52.6 Å². The van der Waals surface area contributed by atoms with E-state index in [0.29, 0.717) is 30.2 Å². The number of nitrogens with zero attached hydrogens (tertiary/aromatic N) is 4. The van der Waals surface area contributed by atoms with Gasteiger partial charge in [0.05, 0.1) is 23.1 Å². The summed E-state index contributed by atoms with van der Waals surface area (Å²) in [5.41, 5.74) is 3.69. The highest BCUT2D eigenvalue weighted by molar-refractivity contribution is 6.05. The van der Waals surface area contributed by atoms with Crippen molar-refractivity contribution in [3.05, 3.63) is 65.6 Å². The number of benzene rings is 1. The average Bonchev–Trinajstić information content (AvgIpc) is 3.44. The summed E-state index contributed by atoms with van der Waals surface area (Å²) in [7, 11) is 0. The van der Waals surface area contributed by atoms with Gasteiger partial charge in [-0.1, -0.05) is 13.8 Å². The Labute approximate surface area is 249 Å². The number of fused-ring (bicyclic) bond motifs is 1. The molecule has 14 heteroatoms. The maximum Gasteiger partial charge on any atom is 0.416 e. The highest BCUT2D eigenvalue weighted by atomic mass is 19.4. The van der Waals surface area contributed by atoms with Gasteiger partial charge in [-0.3, -0.25) is 14.0 Å². The minimum absolute atomic E-state index is 0.0620. The molecule has 0 bridgehead atoms. The topological polar surface area (TPSA) is 145 Å². The molecule has 0 radical (unpaired) electrons. The number of rotatable bonds is 7. The number of imidazole rings is 1. The normalized spacial score (nSPS) is 19.7. The van der Waals surface area contributed by atoms with Crippen molar-refractivity contribution in [1.82, 2.24) is 19.4 Å². The number of carboxylic acids is 1. The van der Waals surface area contributed by atoms with Crippen LogP contribution in [-0.2, 0) is 11.0 Å². The number of nitrogens with two attached hydrogens (primary N) is 1. The van der Waals surface area contributed by atoms with Gasteiger partial charge in [-0.15, -0.1) is 0 Å². The zero-order valence-corrected chi connectivity index (χ0v) is 24.3. The van der Waals surface area contributed by atoms with E-state index in [9.17, 15) is 27.9 Å². The summed E-state index contributed by atoms with van der Waals surface area (Å²) in [4.78, 5) is 38.1. The molecule has 5 rings (SSSR count). The van der Waals surface area contributed by atoms with Crippen molar-refractivity contribution in [2.24, 2.45) is 10.8 Å². The molecular weight excluding hydrogens is 584 g/mol. The largest absolute Gasteiger partial charge is 0.493 e. The number of carboxylic acid groups (broad SMARTS) is 1. The van der Waals surface area contributed by atoms with E-state index in [1.54, 1.807) is 24.4 Å². The lowest BCUT2D eigenvalue weighted by Crippen LogP contribution is -2.40. The van der Waals surface area contributed by atoms with Gasteiger partial charge in [0, 0.05) is 30.1 Å². The number of pyridine rings is 1. The number of amides is 1. The van der Waals surface area contributed by atoms with Crippen molar-refractivity contribution >= 4 is 29.0 Å². The maximum absolute atomic E-state index is 15.6. The second kappa shape index (κ2) is 10.8. The van der Waals surface area contributed by atoms with Crippen molar-refractivity contribution in [1.29, 1.82) is 0 Å². The molecule has 1 aliphatic carbocycles. The highest BCUT2D eigenvalue weighted by Gasteiger charge is 2.57. The summed E-state index contributed by atoms with van der Waals surface area (Å²) < 4.78 is 62.5. The number of carbonyl (C=O) groups excluding carboxylic acids is 1. The molecule has 3 aromatic heterocycles. The van der Waals surface area contributed by atoms with Crippen molar-refractivity contribution in [3.63, 3.8) is 0 Å². The minimum Gasteiger partial charge on any atom is -0.493 e. The van der Waals surface area contributed by atoms with Crippen LogP contribution in [0.3, 0.4) is 0 Å². The third-order valence-electron chi connectivity index (χ3n) is 8.82. The van der Waals surface area contributed by atoms with Gasteiger partial charge in [0.1, 0.15) is 40.2 Å². The molecule has 1 amide bonds. The predicted molar refractivity (Wildman–Crippen MR) is 153 cm³/mol. The van der Waals surface area contributed by atoms with Crippen molar-refractivity contribution in [2.75, 3.05) is 17.7 Å². The van der Waals surface area contributed by atoms with Crippen LogP contribution in [0.4, 0.5) is 29.2 Å². The third kappa shape index (κ3) is 4.97. The minimum atomic E-state index is -4.67. The van der Waals surface area contributed by atoms with Crippen LogP contribution in [0, 0.1) is 16.6 Å². The number of nitrogens with one attached hydrogen (secondary N) is 1. The predicted octanol–water partition coefficient (Wildman–Crippen LogP) is 6.18. The fourth-order valence-corrected chi connectivity index (χ4v) is 5.90. The molecule has 10 nitrogen and oxygen atoms in total. The zero-order valence-electron chi connectivity index (χ0n) is 24.3. The van der Waals surface area contributed by atoms with E-state index in [1.807, 2.05) is 13.8 Å². The summed E-state index contributed by atoms with van der Waals surface area (Å²) in [6.45, 7) is 7.26. The Bertz CT molecular complexity index is 1790. The van der Waals surface area contributed by atoms with Crippen LogP contribution in [-0.4, -0.2) is 42.9 Å². The molecule has 1 aromatic carbocycles.